The molecule has 6 rings (SSSR count). The predicted octanol–water partition coefficient (Wildman–Crippen LogP) is 4.88. The van der Waals surface area contributed by atoms with E-state index in [4.69, 9.17) is 9.31 Å². The number of nitrogens with zero attached hydrogens (tertiary/aromatic N) is 1. The van der Waals surface area contributed by atoms with Gasteiger partial charge in [-0.2, -0.15) is 0 Å². The Balaban J connectivity index is 1.30. The Morgan fingerprint density at radius 3 is 2.51 bits per heavy atom. The van der Waals surface area contributed by atoms with Crippen molar-refractivity contribution in [1.82, 2.24) is 15.6 Å². The molecule has 3 aliphatic carbocycles. The number of aromatic nitrogens is 1. The molecular formula is C30H39BFN3O4. The fourth-order valence-corrected chi connectivity index (χ4v) is 6.95. The average Bonchev–Trinajstić information content (AvgIpc) is 3.26. The molecule has 9 heteroatoms. The average molecular weight is 535 g/mol. The smallest absolute Gasteiger partial charge is 0.404 e. The maximum Gasteiger partial charge on any atom is 0.481 e. The summed E-state index contributed by atoms with van der Waals surface area (Å²) in [6.07, 6.45) is 5.90. The zero-order chi connectivity index (χ0) is 27.9. The van der Waals surface area contributed by atoms with E-state index >= 15 is 0 Å². The van der Waals surface area contributed by atoms with Crippen molar-refractivity contribution in [2.45, 2.75) is 84.0 Å². The lowest BCUT2D eigenvalue weighted by atomic mass is 9.43. The molecule has 1 aliphatic heterocycles. The van der Waals surface area contributed by atoms with E-state index in [0.717, 1.165) is 12.8 Å². The van der Waals surface area contributed by atoms with Gasteiger partial charge in [0.15, 0.2) is 0 Å². The molecule has 3 saturated carbocycles. The van der Waals surface area contributed by atoms with Crippen LogP contribution in [0.5, 0.6) is 0 Å². The number of nitrogens with one attached hydrogen (secondary N) is 2. The van der Waals surface area contributed by atoms with Crippen LogP contribution in [0.2, 0.25) is 0 Å². The van der Waals surface area contributed by atoms with Gasteiger partial charge in [0.1, 0.15) is 5.82 Å². The van der Waals surface area contributed by atoms with Gasteiger partial charge in [-0.1, -0.05) is 39.8 Å². The molecule has 1 aromatic heterocycles. The van der Waals surface area contributed by atoms with Gasteiger partial charge in [-0.25, -0.2) is 4.39 Å². The van der Waals surface area contributed by atoms with Gasteiger partial charge in [-0.3, -0.25) is 14.6 Å². The highest BCUT2D eigenvalue weighted by atomic mass is 19.1. The van der Waals surface area contributed by atoms with Crippen LogP contribution in [0.1, 0.15) is 82.3 Å². The Morgan fingerprint density at radius 2 is 1.87 bits per heavy atom. The number of amides is 2. The summed E-state index contributed by atoms with van der Waals surface area (Å²) in [6.45, 7) is 11.0. The summed E-state index contributed by atoms with van der Waals surface area (Å²) < 4.78 is 26.8. The molecule has 0 spiro atoms. The minimum absolute atomic E-state index is 0.0165. The number of rotatable bonds is 9. The maximum absolute atomic E-state index is 13.6. The zero-order valence-electron chi connectivity index (χ0n) is 23.4. The van der Waals surface area contributed by atoms with E-state index < -0.39 is 13.2 Å². The highest BCUT2D eigenvalue weighted by Gasteiger charge is 2.68. The van der Waals surface area contributed by atoms with E-state index in [0.29, 0.717) is 35.3 Å². The predicted molar refractivity (Wildman–Crippen MR) is 147 cm³/mol. The Bertz CT molecular complexity index is 1190. The highest BCUT2D eigenvalue weighted by Crippen LogP contribution is 2.65. The van der Waals surface area contributed by atoms with Crippen molar-refractivity contribution in [3.8, 4) is 0 Å². The van der Waals surface area contributed by atoms with Gasteiger partial charge >= 0.3 is 7.12 Å². The molecule has 4 aliphatic rings. The topological polar surface area (TPSA) is 89.6 Å². The third-order valence-corrected chi connectivity index (χ3v) is 9.26. The monoisotopic (exact) mass is 535 g/mol. The molecule has 2 aromatic rings. The van der Waals surface area contributed by atoms with Crippen molar-refractivity contribution in [3.05, 3.63) is 65.7 Å². The van der Waals surface area contributed by atoms with Crippen LogP contribution in [0.15, 0.2) is 48.8 Å². The number of carbonyl (C=O) groups excluding carboxylic acids is 2. The first-order valence-electron chi connectivity index (χ1n) is 14.1. The largest absolute Gasteiger partial charge is 0.481 e. The SMILES string of the molecule is CC(C)C[C@H](NC(=O)CC(NC(=O)c1cccnc1)c1ccc(F)cc1)B1O[C@@H]2C[C@@H]3C[C@@H](C3(C)C)[C@]2(C)O1. The third kappa shape index (κ3) is 5.48. The van der Waals surface area contributed by atoms with E-state index in [1.165, 1.54) is 18.3 Å². The third-order valence-electron chi connectivity index (χ3n) is 9.26. The summed E-state index contributed by atoms with van der Waals surface area (Å²) in [5, 5.41) is 6.09. The highest BCUT2D eigenvalue weighted by molar-refractivity contribution is 6.47. The molecule has 2 N–H and O–H groups in total. The number of pyridine rings is 1. The second-order valence-electron chi connectivity index (χ2n) is 12.7. The van der Waals surface area contributed by atoms with Crippen LogP contribution in [0.25, 0.3) is 0 Å². The Morgan fingerprint density at radius 1 is 1.13 bits per heavy atom. The van der Waals surface area contributed by atoms with E-state index in [1.54, 1.807) is 30.5 Å². The summed E-state index contributed by atoms with van der Waals surface area (Å²) >= 11 is 0. The normalized spacial score (nSPS) is 28.3. The van der Waals surface area contributed by atoms with Crippen molar-refractivity contribution < 1.29 is 23.3 Å². The van der Waals surface area contributed by atoms with Crippen molar-refractivity contribution in [2.24, 2.45) is 23.2 Å². The van der Waals surface area contributed by atoms with Gasteiger partial charge < -0.3 is 19.9 Å². The van der Waals surface area contributed by atoms with E-state index in [9.17, 15) is 14.0 Å². The van der Waals surface area contributed by atoms with Gasteiger partial charge in [0.2, 0.25) is 5.91 Å². The van der Waals surface area contributed by atoms with Crippen LogP contribution in [-0.2, 0) is 14.1 Å². The van der Waals surface area contributed by atoms with E-state index in [1.807, 2.05) is 0 Å². The van der Waals surface area contributed by atoms with E-state index in [-0.39, 0.29) is 47.1 Å². The molecular weight excluding hydrogens is 496 g/mol. The second kappa shape index (κ2) is 10.7. The molecule has 39 heavy (non-hydrogen) atoms. The molecule has 208 valence electrons. The lowest BCUT2D eigenvalue weighted by Gasteiger charge is -2.64. The first-order valence-corrected chi connectivity index (χ1v) is 14.1. The number of halogens is 1. The van der Waals surface area contributed by atoms with Crippen molar-refractivity contribution in [1.29, 1.82) is 0 Å². The number of benzene rings is 1. The molecule has 6 atom stereocenters. The summed E-state index contributed by atoms with van der Waals surface area (Å²) in [5.74, 6) is 0.0671. The van der Waals surface area contributed by atoms with Crippen LogP contribution in [0.4, 0.5) is 4.39 Å². The molecule has 2 amide bonds. The molecule has 4 fully saturated rings. The van der Waals surface area contributed by atoms with Crippen LogP contribution in [-0.4, -0.2) is 41.6 Å². The summed E-state index contributed by atoms with van der Waals surface area (Å²) in [6, 6.07) is 8.51. The van der Waals surface area contributed by atoms with Crippen LogP contribution >= 0.6 is 0 Å². The lowest BCUT2D eigenvalue weighted by Crippen LogP contribution is -2.65. The summed E-state index contributed by atoms with van der Waals surface area (Å²) in [5.41, 5.74) is 0.887. The summed E-state index contributed by atoms with van der Waals surface area (Å²) in [4.78, 5) is 30.4. The van der Waals surface area contributed by atoms with Crippen LogP contribution in [0.3, 0.4) is 0 Å². The fourth-order valence-electron chi connectivity index (χ4n) is 6.95. The molecule has 1 aromatic carbocycles. The number of hydrogen-bond donors (Lipinski definition) is 2. The Hall–Kier alpha value is -2.78. The Labute approximate surface area is 230 Å². The zero-order valence-corrected chi connectivity index (χ0v) is 23.4. The lowest BCUT2D eigenvalue weighted by molar-refractivity contribution is -0.199. The molecule has 1 unspecified atom stereocenters. The van der Waals surface area contributed by atoms with E-state index in [2.05, 4.69) is 50.2 Å². The number of hydrogen-bond acceptors (Lipinski definition) is 5. The standard InChI is InChI=1S/C30H39BFN3O4/c1-18(2)13-26(31-38-25-15-21-14-24(29(21,3)4)30(25,5)39-31)35-27(36)16-23(19-8-10-22(32)11-9-19)34-28(37)20-7-6-12-33-17-20/h6-12,17-18,21,23-26H,13-16H2,1-5H3,(H,34,37)(H,35,36)/t21-,23?,24-,25+,26-,30-/m0/s1. The molecule has 7 nitrogen and oxygen atoms in total. The molecule has 2 heterocycles. The van der Waals surface area contributed by atoms with Crippen molar-refractivity contribution in [2.75, 3.05) is 0 Å². The first-order chi connectivity index (χ1) is 18.5. The Kier molecular flexibility index (Phi) is 7.59. The van der Waals surface area contributed by atoms with Crippen LogP contribution in [0, 0.1) is 29.0 Å². The molecule has 2 bridgehead atoms. The van der Waals surface area contributed by atoms with Crippen molar-refractivity contribution >= 4 is 18.9 Å². The number of carbonyl (C=O) groups is 2. The summed E-state index contributed by atoms with van der Waals surface area (Å²) in [7, 11) is -0.532. The minimum Gasteiger partial charge on any atom is -0.404 e. The second-order valence-corrected chi connectivity index (χ2v) is 12.7. The maximum atomic E-state index is 13.6. The van der Waals surface area contributed by atoms with Crippen molar-refractivity contribution in [3.63, 3.8) is 0 Å². The van der Waals surface area contributed by atoms with Gasteiger partial charge in [-0.05, 0) is 79.2 Å². The molecule has 0 radical (unpaired) electrons. The van der Waals surface area contributed by atoms with Gasteiger partial charge in [0.05, 0.1) is 35.7 Å². The van der Waals surface area contributed by atoms with Gasteiger partial charge in [0.25, 0.3) is 5.91 Å². The van der Waals surface area contributed by atoms with Crippen LogP contribution < -0.4 is 10.6 Å². The minimum atomic E-state index is -0.656. The van der Waals surface area contributed by atoms with Gasteiger partial charge in [0, 0.05) is 12.4 Å². The first kappa shape index (κ1) is 27.8. The van der Waals surface area contributed by atoms with Gasteiger partial charge in [-0.15, -0.1) is 0 Å². The fraction of sp³-hybridized carbons (Fsp3) is 0.567. The molecule has 1 saturated heterocycles. The quantitative estimate of drug-likeness (QED) is 0.447.